The second-order valence-electron chi connectivity index (χ2n) is 9.84. The van der Waals surface area contributed by atoms with Gasteiger partial charge < -0.3 is 25.6 Å². The zero-order chi connectivity index (χ0) is 25.1. The standard InChI is InChI=1S/C27H32N2O6/c1-26(34,15-23(30)31)17-28-24(32)27(13-7-2-8-14-27)29-25(33)35-16-22-20-11-5-3-9-18(20)19-10-4-6-12-21(19)22/h3-6,9-12,22,34H,2,7-8,13-17H2,1H3,(H,28,32)(H,29,33)(H,30,31). The molecule has 0 spiro atoms. The Bertz CT molecular complexity index is 1060. The lowest BCUT2D eigenvalue weighted by Crippen LogP contribution is -2.61. The van der Waals surface area contributed by atoms with E-state index in [2.05, 4.69) is 22.8 Å². The molecule has 186 valence electrons. The zero-order valence-electron chi connectivity index (χ0n) is 19.9. The Morgan fingerprint density at radius 2 is 1.57 bits per heavy atom. The van der Waals surface area contributed by atoms with Crippen molar-refractivity contribution in [1.82, 2.24) is 10.6 Å². The molecule has 1 atom stereocenters. The molecule has 0 aliphatic heterocycles. The highest BCUT2D eigenvalue weighted by molar-refractivity contribution is 5.90. The molecule has 2 amide bonds. The third-order valence-electron chi connectivity index (χ3n) is 6.99. The number of fused-ring (bicyclic) bond motifs is 3. The number of carbonyl (C=O) groups excluding carboxylic acids is 2. The molecule has 2 aliphatic carbocycles. The van der Waals surface area contributed by atoms with Crippen molar-refractivity contribution in [2.24, 2.45) is 0 Å². The third kappa shape index (κ3) is 5.48. The van der Waals surface area contributed by atoms with Gasteiger partial charge in [-0.05, 0) is 42.0 Å². The SMILES string of the molecule is CC(O)(CNC(=O)C1(NC(=O)OCC2c3ccccc3-c3ccccc32)CCCCC1)CC(=O)O. The van der Waals surface area contributed by atoms with Crippen LogP contribution in [-0.4, -0.2) is 52.5 Å². The smallest absolute Gasteiger partial charge is 0.408 e. The molecule has 4 N–H and O–H groups in total. The number of hydrogen-bond donors (Lipinski definition) is 4. The topological polar surface area (TPSA) is 125 Å². The van der Waals surface area contributed by atoms with Crippen LogP contribution in [0.25, 0.3) is 11.1 Å². The van der Waals surface area contributed by atoms with Crippen molar-refractivity contribution in [3.8, 4) is 11.1 Å². The number of aliphatic hydroxyl groups is 1. The van der Waals surface area contributed by atoms with Crippen molar-refractivity contribution in [2.45, 2.75) is 62.5 Å². The maximum absolute atomic E-state index is 13.1. The lowest BCUT2D eigenvalue weighted by atomic mass is 9.80. The van der Waals surface area contributed by atoms with E-state index >= 15 is 0 Å². The van der Waals surface area contributed by atoms with Crippen molar-refractivity contribution >= 4 is 18.0 Å². The first kappa shape index (κ1) is 24.7. The Morgan fingerprint density at radius 3 is 2.14 bits per heavy atom. The number of aliphatic carboxylic acids is 1. The molecule has 0 aromatic heterocycles. The molecule has 1 saturated carbocycles. The molecule has 8 nitrogen and oxygen atoms in total. The molecule has 35 heavy (non-hydrogen) atoms. The molecule has 1 unspecified atom stereocenters. The first-order chi connectivity index (χ1) is 16.7. The lowest BCUT2D eigenvalue weighted by Gasteiger charge is -2.37. The van der Waals surface area contributed by atoms with Gasteiger partial charge in [0.05, 0.1) is 12.0 Å². The summed E-state index contributed by atoms with van der Waals surface area (Å²) >= 11 is 0. The normalized spacial score (nSPS) is 18.0. The number of ether oxygens (including phenoxy) is 1. The number of hydrogen-bond acceptors (Lipinski definition) is 5. The molecule has 2 aromatic rings. The lowest BCUT2D eigenvalue weighted by molar-refractivity contribution is -0.142. The molecule has 0 heterocycles. The van der Waals surface area contributed by atoms with E-state index in [4.69, 9.17) is 9.84 Å². The van der Waals surface area contributed by atoms with Crippen molar-refractivity contribution < 1.29 is 29.3 Å². The Kier molecular flexibility index (Phi) is 7.12. The Balaban J connectivity index is 1.42. The van der Waals surface area contributed by atoms with E-state index in [0.29, 0.717) is 12.8 Å². The summed E-state index contributed by atoms with van der Waals surface area (Å²) in [7, 11) is 0. The Labute approximate surface area is 204 Å². The quantitative estimate of drug-likeness (QED) is 0.458. The minimum Gasteiger partial charge on any atom is -0.481 e. The summed E-state index contributed by atoms with van der Waals surface area (Å²) < 4.78 is 5.66. The molecule has 4 rings (SSSR count). The van der Waals surface area contributed by atoms with Crippen molar-refractivity contribution in [3.63, 3.8) is 0 Å². The maximum atomic E-state index is 13.1. The van der Waals surface area contributed by atoms with Gasteiger partial charge in [0.15, 0.2) is 0 Å². The van der Waals surface area contributed by atoms with Crippen LogP contribution in [0.1, 0.15) is 62.5 Å². The van der Waals surface area contributed by atoms with E-state index in [1.165, 1.54) is 6.92 Å². The van der Waals surface area contributed by atoms with Crippen molar-refractivity contribution in [2.75, 3.05) is 13.2 Å². The van der Waals surface area contributed by atoms with E-state index < -0.39 is 35.5 Å². The number of carboxylic acid groups (broad SMARTS) is 1. The predicted octanol–water partition coefficient (Wildman–Crippen LogP) is 3.57. The van der Waals surface area contributed by atoms with Crippen LogP contribution in [0.5, 0.6) is 0 Å². The van der Waals surface area contributed by atoms with Gasteiger partial charge in [-0.2, -0.15) is 0 Å². The number of alkyl carbamates (subject to hydrolysis) is 1. The average Bonchev–Trinajstić information content (AvgIpc) is 3.15. The summed E-state index contributed by atoms with van der Waals surface area (Å²) in [6.45, 7) is 1.27. The summed E-state index contributed by atoms with van der Waals surface area (Å²) in [5, 5.41) is 24.7. The molecule has 8 heteroatoms. The fourth-order valence-corrected chi connectivity index (χ4v) is 5.22. The number of rotatable bonds is 8. The molecular weight excluding hydrogens is 448 g/mol. The number of nitrogens with one attached hydrogen (secondary N) is 2. The summed E-state index contributed by atoms with van der Waals surface area (Å²) in [4.78, 5) is 37.0. The van der Waals surface area contributed by atoms with Gasteiger partial charge in [0.2, 0.25) is 5.91 Å². The highest BCUT2D eigenvalue weighted by Crippen LogP contribution is 2.44. The number of benzene rings is 2. The largest absolute Gasteiger partial charge is 0.481 e. The van der Waals surface area contributed by atoms with E-state index in [9.17, 15) is 19.5 Å². The van der Waals surface area contributed by atoms with Crippen molar-refractivity contribution in [1.29, 1.82) is 0 Å². The van der Waals surface area contributed by atoms with Crippen LogP contribution in [0.15, 0.2) is 48.5 Å². The third-order valence-corrected chi connectivity index (χ3v) is 6.99. The molecule has 1 fully saturated rings. The van der Waals surface area contributed by atoms with Gasteiger partial charge in [-0.25, -0.2) is 4.79 Å². The van der Waals surface area contributed by atoms with Gasteiger partial charge in [-0.15, -0.1) is 0 Å². The first-order valence-corrected chi connectivity index (χ1v) is 12.1. The second-order valence-corrected chi connectivity index (χ2v) is 9.84. The van der Waals surface area contributed by atoms with Crippen molar-refractivity contribution in [3.05, 3.63) is 59.7 Å². The Morgan fingerprint density at radius 1 is 1.00 bits per heavy atom. The predicted molar refractivity (Wildman–Crippen MR) is 130 cm³/mol. The van der Waals surface area contributed by atoms with E-state index in [0.717, 1.165) is 41.5 Å². The highest BCUT2D eigenvalue weighted by Gasteiger charge is 2.42. The van der Waals surface area contributed by atoms with Gasteiger partial charge in [0.1, 0.15) is 12.1 Å². The van der Waals surface area contributed by atoms with Crippen LogP contribution < -0.4 is 10.6 Å². The van der Waals surface area contributed by atoms with Gasteiger partial charge >= 0.3 is 12.1 Å². The molecule has 0 saturated heterocycles. The van der Waals surface area contributed by atoms with Gasteiger partial charge in [-0.1, -0.05) is 67.8 Å². The first-order valence-electron chi connectivity index (χ1n) is 12.1. The number of amides is 2. The Hall–Kier alpha value is -3.39. The molecule has 2 aromatic carbocycles. The van der Waals surface area contributed by atoms with Crippen LogP contribution in [-0.2, 0) is 14.3 Å². The van der Waals surface area contributed by atoms with Gasteiger partial charge in [-0.3, -0.25) is 9.59 Å². The zero-order valence-corrected chi connectivity index (χ0v) is 19.9. The molecule has 0 radical (unpaired) electrons. The molecule has 0 bridgehead atoms. The highest BCUT2D eigenvalue weighted by atomic mass is 16.5. The fraction of sp³-hybridized carbons (Fsp3) is 0.444. The summed E-state index contributed by atoms with van der Waals surface area (Å²) in [5.74, 6) is -1.68. The minimum absolute atomic E-state index is 0.0876. The van der Waals surface area contributed by atoms with E-state index in [1.807, 2.05) is 36.4 Å². The van der Waals surface area contributed by atoms with Crippen LogP contribution in [0.4, 0.5) is 4.79 Å². The number of carboxylic acids is 1. The summed E-state index contributed by atoms with van der Waals surface area (Å²) in [6.07, 6.45) is 2.22. The van der Waals surface area contributed by atoms with E-state index in [-0.39, 0.29) is 19.1 Å². The van der Waals surface area contributed by atoms with Crippen LogP contribution in [0, 0.1) is 0 Å². The summed E-state index contributed by atoms with van der Waals surface area (Å²) in [6, 6.07) is 16.1. The molecular formula is C27H32N2O6. The van der Waals surface area contributed by atoms with E-state index in [1.54, 1.807) is 0 Å². The van der Waals surface area contributed by atoms with Crippen LogP contribution in [0.2, 0.25) is 0 Å². The number of carbonyl (C=O) groups is 3. The fourth-order valence-electron chi connectivity index (χ4n) is 5.22. The monoisotopic (exact) mass is 480 g/mol. The van der Waals surface area contributed by atoms with Crippen LogP contribution >= 0.6 is 0 Å². The molecule has 2 aliphatic rings. The minimum atomic E-state index is -1.60. The van der Waals surface area contributed by atoms with Gasteiger partial charge in [0, 0.05) is 12.5 Å². The van der Waals surface area contributed by atoms with Crippen LogP contribution in [0.3, 0.4) is 0 Å². The second kappa shape index (κ2) is 10.1. The average molecular weight is 481 g/mol. The summed E-state index contributed by atoms with van der Waals surface area (Å²) in [5.41, 5.74) is 1.73. The van der Waals surface area contributed by atoms with Gasteiger partial charge in [0.25, 0.3) is 0 Å². The maximum Gasteiger partial charge on any atom is 0.408 e.